The van der Waals surface area contributed by atoms with E-state index in [0.29, 0.717) is 12.5 Å². The third-order valence-corrected chi connectivity index (χ3v) is 4.98. The van der Waals surface area contributed by atoms with E-state index in [-0.39, 0.29) is 29.8 Å². The van der Waals surface area contributed by atoms with Crippen LogP contribution in [0.4, 0.5) is 0 Å². The van der Waals surface area contributed by atoms with Crippen LogP contribution in [0, 0.1) is 5.41 Å². The summed E-state index contributed by atoms with van der Waals surface area (Å²) in [5.41, 5.74) is 8.49. The summed E-state index contributed by atoms with van der Waals surface area (Å²) >= 11 is 0. The van der Waals surface area contributed by atoms with E-state index in [9.17, 15) is 4.79 Å². The molecule has 0 bridgehead atoms. The van der Waals surface area contributed by atoms with Crippen LogP contribution in [0.15, 0.2) is 24.3 Å². The molecule has 2 rings (SSSR count). The summed E-state index contributed by atoms with van der Waals surface area (Å²) in [5, 5.41) is 3.05. The molecule has 0 aromatic heterocycles. The fourth-order valence-corrected chi connectivity index (χ4v) is 2.98. The van der Waals surface area contributed by atoms with Crippen molar-refractivity contribution in [2.24, 2.45) is 11.1 Å². The largest absolute Gasteiger partial charge is 0.354 e. The third kappa shape index (κ3) is 4.02. The minimum atomic E-state index is -0.135. The zero-order chi connectivity index (χ0) is 15.5. The number of hydrogen-bond acceptors (Lipinski definition) is 2. The Labute approximate surface area is 140 Å². The molecule has 1 fully saturated rings. The summed E-state index contributed by atoms with van der Waals surface area (Å²) in [4.78, 5) is 12.3. The van der Waals surface area contributed by atoms with E-state index in [0.717, 1.165) is 24.8 Å². The van der Waals surface area contributed by atoms with Crippen molar-refractivity contribution in [3.63, 3.8) is 0 Å². The maximum Gasteiger partial charge on any atom is 0.226 e. The van der Waals surface area contributed by atoms with Gasteiger partial charge in [0.15, 0.2) is 0 Å². The predicted octanol–water partition coefficient (Wildman–Crippen LogP) is 3.93. The van der Waals surface area contributed by atoms with Crippen LogP contribution in [0.25, 0.3) is 0 Å². The minimum Gasteiger partial charge on any atom is -0.354 e. The molecule has 1 aliphatic carbocycles. The van der Waals surface area contributed by atoms with E-state index >= 15 is 0 Å². The number of hydrogen-bond donors (Lipinski definition) is 2. The molecule has 3 N–H and O–H groups in total. The maximum atomic E-state index is 12.3. The smallest absolute Gasteiger partial charge is 0.226 e. The molecule has 3 nitrogen and oxygen atoms in total. The number of benzene rings is 1. The lowest BCUT2D eigenvalue weighted by atomic mass is 9.66. The predicted molar refractivity (Wildman–Crippen MR) is 94.3 cm³/mol. The standard InChI is InChI=1S/C18H28N2O.ClH/c1-4-18(10-5-11-18)17(21)20-12-16(19)15-8-6-14(7-9-15)13(2)3;/h6-9,13,16H,4-5,10-12,19H2,1-3H3,(H,20,21);1H. The SMILES string of the molecule is CCC1(C(=O)NCC(N)c2ccc(C(C)C)cc2)CCC1.Cl. The van der Waals surface area contributed by atoms with Gasteiger partial charge in [-0.3, -0.25) is 4.79 Å². The molecule has 1 aromatic rings. The molecular weight excluding hydrogens is 296 g/mol. The normalized spacial score (nSPS) is 17.3. The summed E-state index contributed by atoms with van der Waals surface area (Å²) in [6, 6.07) is 8.27. The van der Waals surface area contributed by atoms with E-state index in [4.69, 9.17) is 5.73 Å². The molecular formula is C18H29ClN2O. The minimum absolute atomic E-state index is 0. The van der Waals surface area contributed by atoms with Crippen molar-refractivity contribution in [2.75, 3.05) is 6.54 Å². The van der Waals surface area contributed by atoms with Crippen molar-refractivity contribution >= 4 is 18.3 Å². The average molecular weight is 325 g/mol. The Kier molecular flexibility index (Phi) is 6.89. The molecule has 0 saturated heterocycles. The number of nitrogens with two attached hydrogens (primary N) is 1. The topological polar surface area (TPSA) is 55.1 Å². The molecule has 1 unspecified atom stereocenters. The molecule has 1 amide bonds. The average Bonchev–Trinajstić information content (AvgIpc) is 2.44. The van der Waals surface area contributed by atoms with Crippen LogP contribution in [0.5, 0.6) is 0 Å². The first kappa shape index (κ1) is 19.0. The Morgan fingerprint density at radius 1 is 1.23 bits per heavy atom. The highest BCUT2D eigenvalue weighted by Gasteiger charge is 2.42. The van der Waals surface area contributed by atoms with Gasteiger partial charge in [0, 0.05) is 18.0 Å². The summed E-state index contributed by atoms with van der Waals surface area (Å²) in [7, 11) is 0. The van der Waals surface area contributed by atoms with Crippen molar-refractivity contribution < 1.29 is 4.79 Å². The van der Waals surface area contributed by atoms with Gasteiger partial charge in [-0.1, -0.05) is 51.5 Å². The molecule has 0 radical (unpaired) electrons. The van der Waals surface area contributed by atoms with Crippen LogP contribution in [0.2, 0.25) is 0 Å². The Bertz CT molecular complexity index is 475. The third-order valence-electron chi connectivity index (χ3n) is 4.98. The second-order valence-electron chi connectivity index (χ2n) is 6.63. The van der Waals surface area contributed by atoms with E-state index in [1.54, 1.807) is 0 Å². The van der Waals surface area contributed by atoms with Gasteiger partial charge in [-0.2, -0.15) is 0 Å². The lowest BCUT2D eigenvalue weighted by molar-refractivity contribution is -0.136. The summed E-state index contributed by atoms with van der Waals surface area (Å²) in [6.45, 7) is 6.97. The zero-order valence-corrected chi connectivity index (χ0v) is 14.7. The lowest BCUT2D eigenvalue weighted by Gasteiger charge is -2.39. The number of nitrogens with one attached hydrogen (secondary N) is 1. The Morgan fingerprint density at radius 2 is 1.77 bits per heavy atom. The van der Waals surface area contributed by atoms with Crippen LogP contribution >= 0.6 is 12.4 Å². The quantitative estimate of drug-likeness (QED) is 0.833. The van der Waals surface area contributed by atoms with Crippen LogP contribution in [-0.4, -0.2) is 12.5 Å². The number of carbonyl (C=O) groups excluding carboxylic acids is 1. The number of halogens is 1. The van der Waals surface area contributed by atoms with Gasteiger partial charge in [0.2, 0.25) is 5.91 Å². The molecule has 22 heavy (non-hydrogen) atoms. The van der Waals surface area contributed by atoms with Crippen LogP contribution < -0.4 is 11.1 Å². The molecule has 1 aliphatic rings. The van der Waals surface area contributed by atoms with Crippen molar-refractivity contribution in [3.8, 4) is 0 Å². The van der Waals surface area contributed by atoms with Crippen molar-refractivity contribution in [2.45, 2.75) is 58.4 Å². The lowest BCUT2D eigenvalue weighted by Crippen LogP contribution is -2.47. The van der Waals surface area contributed by atoms with E-state index in [2.05, 4.69) is 50.4 Å². The molecule has 0 aliphatic heterocycles. The van der Waals surface area contributed by atoms with Crippen molar-refractivity contribution in [3.05, 3.63) is 35.4 Å². The van der Waals surface area contributed by atoms with E-state index in [1.165, 1.54) is 12.0 Å². The first-order chi connectivity index (χ1) is 9.98. The molecule has 0 spiro atoms. The first-order valence-electron chi connectivity index (χ1n) is 8.12. The Morgan fingerprint density at radius 3 is 2.18 bits per heavy atom. The zero-order valence-electron chi connectivity index (χ0n) is 13.9. The highest BCUT2D eigenvalue weighted by molar-refractivity contribution is 5.85. The fourth-order valence-electron chi connectivity index (χ4n) is 2.98. The fraction of sp³-hybridized carbons (Fsp3) is 0.611. The van der Waals surface area contributed by atoms with Gasteiger partial charge in [0.05, 0.1) is 0 Å². The molecule has 1 saturated carbocycles. The number of rotatable bonds is 6. The highest BCUT2D eigenvalue weighted by Crippen LogP contribution is 2.43. The molecule has 0 heterocycles. The number of amides is 1. The first-order valence-corrected chi connectivity index (χ1v) is 8.12. The maximum absolute atomic E-state index is 12.3. The van der Waals surface area contributed by atoms with Gasteiger partial charge in [-0.05, 0) is 36.3 Å². The van der Waals surface area contributed by atoms with Gasteiger partial charge in [-0.25, -0.2) is 0 Å². The van der Waals surface area contributed by atoms with Gasteiger partial charge in [-0.15, -0.1) is 12.4 Å². The van der Waals surface area contributed by atoms with Crippen LogP contribution in [0.1, 0.15) is 69.5 Å². The van der Waals surface area contributed by atoms with E-state index < -0.39 is 0 Å². The van der Waals surface area contributed by atoms with Crippen LogP contribution in [0.3, 0.4) is 0 Å². The molecule has 1 atom stereocenters. The van der Waals surface area contributed by atoms with Crippen LogP contribution in [-0.2, 0) is 4.79 Å². The molecule has 4 heteroatoms. The van der Waals surface area contributed by atoms with Crippen molar-refractivity contribution in [1.29, 1.82) is 0 Å². The summed E-state index contributed by atoms with van der Waals surface area (Å²) in [5.74, 6) is 0.712. The summed E-state index contributed by atoms with van der Waals surface area (Å²) in [6.07, 6.45) is 4.14. The molecule has 1 aromatic carbocycles. The Balaban J connectivity index is 0.00000242. The van der Waals surface area contributed by atoms with E-state index in [1.807, 2.05) is 0 Å². The number of carbonyl (C=O) groups is 1. The van der Waals surface area contributed by atoms with Gasteiger partial charge in [0.25, 0.3) is 0 Å². The molecule has 124 valence electrons. The highest BCUT2D eigenvalue weighted by atomic mass is 35.5. The summed E-state index contributed by atoms with van der Waals surface area (Å²) < 4.78 is 0. The second-order valence-corrected chi connectivity index (χ2v) is 6.63. The Hall–Kier alpha value is -1.06. The van der Waals surface area contributed by atoms with Crippen molar-refractivity contribution in [1.82, 2.24) is 5.32 Å². The van der Waals surface area contributed by atoms with Gasteiger partial charge >= 0.3 is 0 Å². The monoisotopic (exact) mass is 324 g/mol. The second kappa shape index (κ2) is 7.98. The van der Waals surface area contributed by atoms with Gasteiger partial charge in [0.1, 0.15) is 0 Å². The van der Waals surface area contributed by atoms with Gasteiger partial charge < -0.3 is 11.1 Å².